The molecule has 0 heterocycles. The molecule has 1 fully saturated rings. The third-order valence-corrected chi connectivity index (χ3v) is 5.34. The van der Waals surface area contributed by atoms with E-state index >= 15 is 0 Å². The van der Waals surface area contributed by atoms with Crippen molar-refractivity contribution >= 4 is 17.6 Å². The maximum atomic E-state index is 12.0. The molecular formula is C19H29N3O2. The van der Waals surface area contributed by atoms with Gasteiger partial charge in [0.2, 0.25) is 5.91 Å². The predicted molar refractivity (Wildman–Crippen MR) is 97.0 cm³/mol. The van der Waals surface area contributed by atoms with Gasteiger partial charge in [-0.05, 0) is 49.3 Å². The van der Waals surface area contributed by atoms with E-state index in [-0.39, 0.29) is 12.5 Å². The van der Waals surface area contributed by atoms with Gasteiger partial charge in [0.15, 0.2) is 0 Å². The van der Waals surface area contributed by atoms with Crippen LogP contribution in [0.2, 0.25) is 0 Å². The molecule has 132 valence electrons. The van der Waals surface area contributed by atoms with Crippen LogP contribution in [0.3, 0.4) is 0 Å². The number of carbonyl (C=O) groups is 2. The summed E-state index contributed by atoms with van der Waals surface area (Å²) in [6.07, 6.45) is 3.54. The number of imide groups is 1. The predicted octanol–water partition coefficient (Wildman–Crippen LogP) is 3.37. The first-order valence-corrected chi connectivity index (χ1v) is 8.79. The summed E-state index contributed by atoms with van der Waals surface area (Å²) in [6.45, 7) is 8.59. The first-order valence-electron chi connectivity index (χ1n) is 8.79. The molecule has 0 spiro atoms. The molecule has 3 atom stereocenters. The second-order valence-corrected chi connectivity index (χ2v) is 7.00. The van der Waals surface area contributed by atoms with Gasteiger partial charge in [0, 0.05) is 11.7 Å². The number of urea groups is 1. The fourth-order valence-electron chi connectivity index (χ4n) is 3.30. The average molecular weight is 331 g/mol. The third kappa shape index (κ3) is 4.81. The summed E-state index contributed by atoms with van der Waals surface area (Å²) in [5.41, 5.74) is 2.83. The number of aryl methyl sites for hydroxylation is 1. The van der Waals surface area contributed by atoms with E-state index in [2.05, 4.69) is 29.8 Å². The fraction of sp³-hybridized carbons (Fsp3) is 0.579. The lowest BCUT2D eigenvalue weighted by Gasteiger charge is -2.34. The van der Waals surface area contributed by atoms with Gasteiger partial charge in [0.05, 0.1) is 6.54 Å². The van der Waals surface area contributed by atoms with E-state index in [1.54, 1.807) is 0 Å². The summed E-state index contributed by atoms with van der Waals surface area (Å²) in [5.74, 6) is 0.922. The maximum absolute atomic E-state index is 12.0. The minimum Gasteiger partial charge on any atom is -0.307 e. The SMILES string of the molecule is Cc1cccc(NC(=O)NC(=O)CNC2CCCC(C)C2C)c1C. The molecule has 1 aliphatic carbocycles. The van der Waals surface area contributed by atoms with Gasteiger partial charge < -0.3 is 10.6 Å². The first kappa shape index (κ1) is 18.5. The Morgan fingerprint density at radius 1 is 1.17 bits per heavy atom. The summed E-state index contributed by atoms with van der Waals surface area (Å²) >= 11 is 0. The molecule has 0 aliphatic heterocycles. The Bertz CT molecular complexity index is 600. The monoisotopic (exact) mass is 331 g/mol. The number of amides is 3. The molecule has 0 saturated heterocycles. The molecule has 24 heavy (non-hydrogen) atoms. The van der Waals surface area contributed by atoms with Gasteiger partial charge in [-0.2, -0.15) is 0 Å². The third-order valence-electron chi connectivity index (χ3n) is 5.34. The highest BCUT2D eigenvalue weighted by Gasteiger charge is 2.27. The van der Waals surface area contributed by atoms with Crippen LogP contribution in [0.15, 0.2) is 18.2 Å². The Kier molecular flexibility index (Phi) is 6.37. The zero-order valence-electron chi connectivity index (χ0n) is 15.1. The Hall–Kier alpha value is -1.88. The number of hydrogen-bond acceptors (Lipinski definition) is 3. The molecule has 3 amide bonds. The maximum Gasteiger partial charge on any atom is 0.325 e. The van der Waals surface area contributed by atoms with Gasteiger partial charge in [0.25, 0.3) is 0 Å². The number of carbonyl (C=O) groups excluding carboxylic acids is 2. The van der Waals surface area contributed by atoms with Crippen molar-refractivity contribution in [1.82, 2.24) is 10.6 Å². The van der Waals surface area contributed by atoms with Crippen molar-refractivity contribution in [2.45, 2.75) is 53.0 Å². The summed E-state index contributed by atoms with van der Waals surface area (Å²) in [5, 5.41) is 8.43. The molecule has 5 heteroatoms. The van der Waals surface area contributed by atoms with Gasteiger partial charge in [-0.3, -0.25) is 10.1 Å². The molecule has 3 unspecified atom stereocenters. The molecule has 1 saturated carbocycles. The van der Waals surface area contributed by atoms with Crippen LogP contribution >= 0.6 is 0 Å². The van der Waals surface area contributed by atoms with Crippen molar-refractivity contribution in [3.05, 3.63) is 29.3 Å². The molecule has 1 aliphatic rings. The van der Waals surface area contributed by atoms with Gasteiger partial charge in [0.1, 0.15) is 0 Å². The Balaban J connectivity index is 1.79. The number of rotatable bonds is 4. The van der Waals surface area contributed by atoms with Crippen molar-refractivity contribution in [3.63, 3.8) is 0 Å². The van der Waals surface area contributed by atoms with E-state index < -0.39 is 6.03 Å². The van der Waals surface area contributed by atoms with Crippen LogP contribution in [-0.4, -0.2) is 24.5 Å². The largest absolute Gasteiger partial charge is 0.325 e. The smallest absolute Gasteiger partial charge is 0.307 e. The normalized spacial score (nSPS) is 23.6. The lowest BCUT2D eigenvalue weighted by Crippen LogP contribution is -2.46. The van der Waals surface area contributed by atoms with Gasteiger partial charge in [-0.1, -0.05) is 38.8 Å². The van der Waals surface area contributed by atoms with E-state index in [9.17, 15) is 9.59 Å². The standard InChI is InChI=1S/C19H29N3O2/c1-12-7-5-9-16(14(12)3)20-11-18(23)22-19(24)21-17-10-6-8-13(2)15(17)4/h6,8,10,12,14,16,20H,5,7,9,11H2,1-4H3,(H2,21,22,23,24). The number of hydrogen-bond donors (Lipinski definition) is 3. The number of benzene rings is 1. The van der Waals surface area contributed by atoms with Crippen molar-refractivity contribution in [2.75, 3.05) is 11.9 Å². The minimum absolute atomic E-state index is 0.169. The van der Waals surface area contributed by atoms with E-state index in [1.165, 1.54) is 12.8 Å². The van der Waals surface area contributed by atoms with E-state index in [0.29, 0.717) is 17.9 Å². The van der Waals surface area contributed by atoms with E-state index in [0.717, 1.165) is 23.2 Å². The van der Waals surface area contributed by atoms with Crippen LogP contribution in [0.4, 0.5) is 10.5 Å². The van der Waals surface area contributed by atoms with Crippen LogP contribution < -0.4 is 16.0 Å². The minimum atomic E-state index is -0.486. The van der Waals surface area contributed by atoms with Crippen molar-refractivity contribution in [3.8, 4) is 0 Å². The second kappa shape index (κ2) is 8.29. The van der Waals surface area contributed by atoms with Crippen LogP contribution in [-0.2, 0) is 4.79 Å². The van der Waals surface area contributed by atoms with Gasteiger partial charge >= 0.3 is 6.03 Å². The highest BCUT2D eigenvalue weighted by molar-refractivity contribution is 6.02. The van der Waals surface area contributed by atoms with Crippen LogP contribution in [0.25, 0.3) is 0 Å². The van der Waals surface area contributed by atoms with Gasteiger partial charge in [-0.15, -0.1) is 0 Å². The fourth-order valence-corrected chi connectivity index (χ4v) is 3.30. The highest BCUT2D eigenvalue weighted by atomic mass is 16.2. The molecular weight excluding hydrogens is 302 g/mol. The molecule has 5 nitrogen and oxygen atoms in total. The Morgan fingerprint density at radius 3 is 2.67 bits per heavy atom. The molecule has 3 N–H and O–H groups in total. The van der Waals surface area contributed by atoms with Gasteiger partial charge in [-0.25, -0.2) is 4.79 Å². The molecule has 0 bridgehead atoms. The van der Waals surface area contributed by atoms with Crippen molar-refractivity contribution in [1.29, 1.82) is 0 Å². The van der Waals surface area contributed by atoms with Crippen molar-refractivity contribution in [2.24, 2.45) is 11.8 Å². The summed E-state index contributed by atoms with van der Waals surface area (Å²) in [7, 11) is 0. The molecule has 1 aromatic rings. The zero-order chi connectivity index (χ0) is 17.7. The van der Waals surface area contributed by atoms with Crippen LogP contribution in [0.5, 0.6) is 0 Å². The molecule has 0 aromatic heterocycles. The summed E-state index contributed by atoms with van der Waals surface area (Å²) < 4.78 is 0. The average Bonchev–Trinajstić information content (AvgIpc) is 2.53. The van der Waals surface area contributed by atoms with Crippen LogP contribution in [0.1, 0.15) is 44.2 Å². The van der Waals surface area contributed by atoms with Crippen LogP contribution in [0, 0.1) is 25.7 Å². The second-order valence-electron chi connectivity index (χ2n) is 7.00. The van der Waals surface area contributed by atoms with E-state index in [1.807, 2.05) is 32.0 Å². The summed E-state index contributed by atoms with van der Waals surface area (Å²) in [6, 6.07) is 5.56. The number of nitrogens with one attached hydrogen (secondary N) is 3. The molecule has 0 radical (unpaired) electrons. The quantitative estimate of drug-likeness (QED) is 0.792. The topological polar surface area (TPSA) is 70.2 Å². The zero-order valence-corrected chi connectivity index (χ0v) is 15.1. The lowest BCUT2D eigenvalue weighted by atomic mass is 9.78. The van der Waals surface area contributed by atoms with E-state index in [4.69, 9.17) is 0 Å². The lowest BCUT2D eigenvalue weighted by molar-refractivity contribution is -0.119. The molecule has 2 rings (SSSR count). The van der Waals surface area contributed by atoms with Crippen molar-refractivity contribution < 1.29 is 9.59 Å². The number of anilines is 1. The Labute approximate surface area is 144 Å². The highest BCUT2D eigenvalue weighted by Crippen LogP contribution is 2.29. The molecule has 1 aromatic carbocycles. The summed E-state index contributed by atoms with van der Waals surface area (Å²) in [4.78, 5) is 24.0. The Morgan fingerprint density at radius 2 is 1.92 bits per heavy atom. The first-order chi connectivity index (χ1) is 11.4.